The fraction of sp³-hybridized carbons (Fsp3) is 0.400. The standard InChI is InChI=1S/C20H21F3N4O4S/c1-3-4-7-27-15-17(30)24-10-25-18(15)32-19(27)26-16(29)13-8-12(20(21,22)23)5-6-14(13)31-9-11(2)28/h5-6,8,10-11,28H,3-4,7,9H2,1-2H3,(H,24,25,30)/t11-/m0/s1. The Morgan fingerprint density at radius 1 is 1.41 bits per heavy atom. The monoisotopic (exact) mass is 470 g/mol. The molecule has 2 N–H and O–H groups in total. The number of nitrogens with zero attached hydrogens (tertiary/aromatic N) is 3. The predicted octanol–water partition coefficient (Wildman–Crippen LogP) is 3.11. The zero-order valence-electron chi connectivity index (χ0n) is 17.3. The number of alkyl halides is 3. The number of aryl methyl sites for hydroxylation is 1. The number of thiazole rings is 1. The van der Waals surface area contributed by atoms with Gasteiger partial charge >= 0.3 is 6.18 Å². The van der Waals surface area contributed by atoms with Crippen LogP contribution < -0.4 is 15.1 Å². The van der Waals surface area contributed by atoms with Gasteiger partial charge in [-0.25, -0.2) is 4.98 Å². The lowest BCUT2D eigenvalue weighted by atomic mass is 10.1. The van der Waals surface area contributed by atoms with Crippen LogP contribution in [0.5, 0.6) is 5.75 Å². The first-order valence-corrected chi connectivity index (χ1v) is 10.6. The van der Waals surface area contributed by atoms with Crippen LogP contribution in [0.2, 0.25) is 0 Å². The van der Waals surface area contributed by atoms with Gasteiger partial charge in [-0.05, 0) is 31.5 Å². The van der Waals surface area contributed by atoms with Gasteiger partial charge in [-0.1, -0.05) is 24.7 Å². The summed E-state index contributed by atoms with van der Waals surface area (Å²) >= 11 is 0.987. The molecule has 0 aliphatic heterocycles. The summed E-state index contributed by atoms with van der Waals surface area (Å²) in [4.78, 5) is 36.3. The molecule has 0 saturated heterocycles. The third-order valence-corrected chi connectivity index (χ3v) is 5.42. The Labute approximate surface area is 184 Å². The highest BCUT2D eigenvalue weighted by Gasteiger charge is 2.32. The molecule has 0 fully saturated rings. The largest absolute Gasteiger partial charge is 0.490 e. The third-order valence-electron chi connectivity index (χ3n) is 4.43. The summed E-state index contributed by atoms with van der Waals surface area (Å²) in [5, 5.41) is 9.43. The number of H-pyrrole nitrogens is 1. The summed E-state index contributed by atoms with van der Waals surface area (Å²) in [6, 6.07) is 2.48. The number of carbonyl (C=O) groups excluding carboxylic acids is 1. The van der Waals surface area contributed by atoms with Crippen molar-refractivity contribution in [2.45, 2.75) is 45.5 Å². The van der Waals surface area contributed by atoms with Crippen LogP contribution in [-0.2, 0) is 12.7 Å². The molecule has 12 heteroatoms. The average Bonchev–Trinajstić information content (AvgIpc) is 3.07. The van der Waals surface area contributed by atoms with Crippen molar-refractivity contribution in [2.24, 2.45) is 4.99 Å². The van der Waals surface area contributed by atoms with E-state index in [1.54, 1.807) is 0 Å². The normalized spacial score (nSPS) is 13.5. The predicted molar refractivity (Wildman–Crippen MR) is 112 cm³/mol. The number of aliphatic hydroxyl groups excluding tert-OH is 1. The fourth-order valence-electron chi connectivity index (χ4n) is 2.89. The van der Waals surface area contributed by atoms with Crippen molar-refractivity contribution in [3.8, 4) is 5.75 Å². The van der Waals surface area contributed by atoms with E-state index in [4.69, 9.17) is 4.74 Å². The average molecular weight is 470 g/mol. The number of benzene rings is 1. The van der Waals surface area contributed by atoms with Crippen LogP contribution in [0.3, 0.4) is 0 Å². The van der Waals surface area contributed by atoms with E-state index in [1.807, 2.05) is 6.92 Å². The van der Waals surface area contributed by atoms with Crippen LogP contribution in [0.25, 0.3) is 10.3 Å². The van der Waals surface area contributed by atoms with Crippen LogP contribution in [0.15, 0.2) is 34.3 Å². The lowest BCUT2D eigenvalue weighted by molar-refractivity contribution is -0.137. The number of ether oxygens (including phenoxy) is 1. The van der Waals surface area contributed by atoms with Gasteiger partial charge in [0.25, 0.3) is 11.5 Å². The Balaban J connectivity index is 2.15. The van der Waals surface area contributed by atoms with Crippen LogP contribution in [0.4, 0.5) is 13.2 Å². The zero-order chi connectivity index (χ0) is 23.5. The zero-order valence-corrected chi connectivity index (χ0v) is 18.1. The summed E-state index contributed by atoms with van der Waals surface area (Å²) in [5.74, 6) is -1.10. The van der Waals surface area contributed by atoms with Crippen molar-refractivity contribution >= 4 is 27.6 Å². The highest BCUT2D eigenvalue weighted by molar-refractivity contribution is 7.15. The minimum atomic E-state index is -4.67. The number of hydrogen-bond donors (Lipinski definition) is 2. The van der Waals surface area contributed by atoms with Gasteiger partial charge in [0.05, 0.1) is 23.6 Å². The number of amides is 1. The SMILES string of the molecule is CCCCn1c(=NC(=O)c2cc(C(F)(F)F)ccc2OC[C@H](C)O)sc2nc[nH]c(=O)c21. The minimum Gasteiger partial charge on any atom is -0.490 e. The maximum absolute atomic E-state index is 13.2. The van der Waals surface area contributed by atoms with Gasteiger partial charge in [0.2, 0.25) is 0 Å². The van der Waals surface area contributed by atoms with Crippen LogP contribution in [0, 0.1) is 0 Å². The molecule has 8 nitrogen and oxygen atoms in total. The molecule has 3 rings (SSSR count). The quantitative estimate of drug-likeness (QED) is 0.552. The smallest absolute Gasteiger partial charge is 0.416 e. The second kappa shape index (κ2) is 9.65. The van der Waals surface area contributed by atoms with Crippen molar-refractivity contribution in [1.29, 1.82) is 0 Å². The van der Waals surface area contributed by atoms with Gasteiger partial charge in [0, 0.05) is 6.54 Å². The number of fused-ring (bicyclic) bond motifs is 1. The highest BCUT2D eigenvalue weighted by atomic mass is 32.1. The van der Waals surface area contributed by atoms with Gasteiger partial charge in [0.15, 0.2) is 9.63 Å². The number of rotatable bonds is 7. The maximum Gasteiger partial charge on any atom is 0.416 e. The number of aromatic nitrogens is 3. The van der Waals surface area contributed by atoms with E-state index in [9.17, 15) is 27.9 Å². The summed E-state index contributed by atoms with van der Waals surface area (Å²) in [5.41, 5.74) is -1.60. The number of carbonyl (C=O) groups is 1. The molecule has 1 aromatic carbocycles. The molecule has 0 spiro atoms. The number of aliphatic hydroxyl groups is 1. The van der Waals surface area contributed by atoms with Crippen molar-refractivity contribution in [3.63, 3.8) is 0 Å². The van der Waals surface area contributed by atoms with Gasteiger partial charge in [-0.2, -0.15) is 18.2 Å². The number of nitrogens with one attached hydrogen (secondary N) is 1. The molecule has 0 aliphatic rings. The molecule has 2 aromatic heterocycles. The Kier molecular flexibility index (Phi) is 7.14. The molecule has 0 aliphatic carbocycles. The first-order valence-electron chi connectivity index (χ1n) is 9.80. The van der Waals surface area contributed by atoms with Gasteiger partial charge in [0.1, 0.15) is 17.9 Å². The Morgan fingerprint density at radius 2 is 2.16 bits per heavy atom. The molecule has 0 unspecified atom stereocenters. The summed E-state index contributed by atoms with van der Waals surface area (Å²) in [7, 11) is 0. The lowest BCUT2D eigenvalue weighted by Crippen LogP contribution is -2.21. The van der Waals surface area contributed by atoms with Crippen LogP contribution in [0.1, 0.15) is 42.6 Å². The van der Waals surface area contributed by atoms with E-state index < -0.39 is 34.9 Å². The highest BCUT2D eigenvalue weighted by Crippen LogP contribution is 2.33. The maximum atomic E-state index is 13.2. The van der Waals surface area contributed by atoms with Crippen LogP contribution >= 0.6 is 11.3 Å². The lowest BCUT2D eigenvalue weighted by Gasteiger charge is -2.13. The molecule has 0 bridgehead atoms. The molecular weight excluding hydrogens is 449 g/mol. The number of aromatic amines is 1. The third kappa shape index (κ3) is 5.25. The molecular formula is C20H21F3N4O4S. The molecule has 2 heterocycles. The van der Waals surface area contributed by atoms with Gasteiger partial charge in [-0.3, -0.25) is 9.59 Å². The van der Waals surface area contributed by atoms with E-state index in [0.717, 1.165) is 29.9 Å². The van der Waals surface area contributed by atoms with E-state index in [0.29, 0.717) is 23.9 Å². The van der Waals surface area contributed by atoms with E-state index in [-0.39, 0.29) is 22.7 Å². The molecule has 3 aromatic rings. The molecule has 0 radical (unpaired) electrons. The molecule has 32 heavy (non-hydrogen) atoms. The van der Waals surface area contributed by atoms with E-state index >= 15 is 0 Å². The summed E-state index contributed by atoms with van der Waals surface area (Å²) in [6.45, 7) is 3.55. The summed E-state index contributed by atoms with van der Waals surface area (Å²) < 4.78 is 46.5. The number of hydrogen-bond acceptors (Lipinski definition) is 6. The van der Waals surface area contributed by atoms with Gasteiger partial charge in [-0.15, -0.1) is 0 Å². The van der Waals surface area contributed by atoms with Gasteiger partial charge < -0.3 is 19.4 Å². The van der Waals surface area contributed by atoms with Crippen molar-refractivity contribution in [1.82, 2.24) is 14.5 Å². The summed E-state index contributed by atoms with van der Waals surface area (Å²) in [6.07, 6.45) is -2.84. The molecule has 172 valence electrons. The minimum absolute atomic E-state index is 0.134. The van der Waals surface area contributed by atoms with Crippen molar-refractivity contribution in [2.75, 3.05) is 6.61 Å². The first-order chi connectivity index (χ1) is 15.1. The fourth-order valence-corrected chi connectivity index (χ4v) is 3.89. The Morgan fingerprint density at radius 3 is 2.81 bits per heavy atom. The molecule has 1 amide bonds. The number of unbranched alkanes of at least 4 members (excludes halogenated alkanes) is 1. The molecule has 0 saturated carbocycles. The van der Waals surface area contributed by atoms with Crippen LogP contribution in [-0.4, -0.2) is 38.3 Å². The topological polar surface area (TPSA) is 110 Å². The Bertz CT molecular complexity index is 1240. The molecule has 1 atom stereocenters. The second-order valence-electron chi connectivity index (χ2n) is 7.06. The van der Waals surface area contributed by atoms with Crippen molar-refractivity contribution < 1.29 is 27.8 Å². The Hall–Kier alpha value is -2.99. The van der Waals surface area contributed by atoms with E-state index in [1.165, 1.54) is 17.8 Å². The first kappa shape index (κ1) is 23.7. The second-order valence-corrected chi connectivity index (χ2v) is 8.02. The van der Waals surface area contributed by atoms with Crippen molar-refractivity contribution in [3.05, 3.63) is 50.8 Å². The number of halogens is 3. The van der Waals surface area contributed by atoms with E-state index in [2.05, 4.69) is 15.0 Å².